The Kier molecular flexibility index (Phi) is 8.19. The molecule has 1 N–H and O–H groups in total. The summed E-state index contributed by atoms with van der Waals surface area (Å²) in [7, 11) is 2.70. The quantitative estimate of drug-likeness (QED) is 0.560. The van der Waals surface area contributed by atoms with Crippen molar-refractivity contribution in [1.82, 2.24) is 19.4 Å². The van der Waals surface area contributed by atoms with Gasteiger partial charge in [-0.25, -0.2) is 8.42 Å². The molecule has 9 nitrogen and oxygen atoms in total. The summed E-state index contributed by atoms with van der Waals surface area (Å²) in [4.78, 5) is 28.9. The maximum atomic E-state index is 13.1. The molecule has 0 unspecified atom stereocenters. The number of methoxy groups -OCH3 is 1. The Balaban J connectivity index is 1.55. The van der Waals surface area contributed by atoms with Crippen molar-refractivity contribution in [2.24, 2.45) is 0 Å². The maximum Gasteiger partial charge on any atom is 0.243 e. The second kappa shape index (κ2) is 10.8. The van der Waals surface area contributed by atoms with E-state index in [1.807, 2.05) is 6.07 Å². The predicted molar refractivity (Wildman–Crippen MR) is 133 cm³/mol. The zero-order valence-corrected chi connectivity index (χ0v) is 22.0. The zero-order valence-electron chi connectivity index (χ0n) is 21.2. The van der Waals surface area contributed by atoms with Crippen molar-refractivity contribution < 1.29 is 22.7 Å². The van der Waals surface area contributed by atoms with Gasteiger partial charge >= 0.3 is 0 Å². The van der Waals surface area contributed by atoms with E-state index in [4.69, 9.17) is 4.74 Å². The Bertz CT molecular complexity index is 1210. The van der Waals surface area contributed by atoms with E-state index in [0.717, 1.165) is 23.0 Å². The standard InChI is InChI=1S/C25H34N4O5S/c1-17-9-22(34-6)10-18(2)25(17)35(32,33)29(5)16-23(30)26-12-24(31)28(4)13-19-7-8-20-14-27(3)15-21(20)11-19/h7-11H,12-16H2,1-6H3,(H,26,30). The van der Waals surface area contributed by atoms with Gasteiger partial charge in [-0.05, 0) is 60.8 Å². The smallest absolute Gasteiger partial charge is 0.243 e. The second-order valence-electron chi connectivity index (χ2n) is 9.15. The van der Waals surface area contributed by atoms with Crippen molar-refractivity contribution in [1.29, 1.82) is 0 Å². The van der Waals surface area contributed by atoms with Gasteiger partial charge in [0.15, 0.2) is 0 Å². The maximum absolute atomic E-state index is 13.1. The van der Waals surface area contributed by atoms with Crippen LogP contribution >= 0.6 is 0 Å². The lowest BCUT2D eigenvalue weighted by Gasteiger charge is -2.21. The molecular weight excluding hydrogens is 468 g/mol. The van der Waals surface area contributed by atoms with Crippen molar-refractivity contribution in [3.63, 3.8) is 0 Å². The summed E-state index contributed by atoms with van der Waals surface area (Å²) in [6.45, 7) is 5.01. The molecule has 0 radical (unpaired) electrons. The molecule has 10 heteroatoms. The van der Waals surface area contributed by atoms with E-state index in [0.29, 0.717) is 23.4 Å². The molecule has 190 valence electrons. The molecule has 0 saturated carbocycles. The number of carbonyl (C=O) groups is 2. The van der Waals surface area contributed by atoms with E-state index < -0.39 is 22.5 Å². The van der Waals surface area contributed by atoms with Gasteiger partial charge in [0.05, 0.1) is 25.1 Å². The highest BCUT2D eigenvalue weighted by atomic mass is 32.2. The number of nitrogens with one attached hydrogen (secondary N) is 1. The number of hydrogen-bond donors (Lipinski definition) is 1. The van der Waals surface area contributed by atoms with Gasteiger partial charge in [-0.1, -0.05) is 18.2 Å². The topological polar surface area (TPSA) is 99.3 Å². The Morgan fingerprint density at radius 2 is 1.69 bits per heavy atom. The SMILES string of the molecule is COc1cc(C)c(S(=O)(=O)N(C)CC(=O)NCC(=O)N(C)Cc2ccc3c(c2)CN(C)C3)c(C)c1. The average molecular weight is 503 g/mol. The number of fused-ring (bicyclic) bond motifs is 1. The lowest BCUT2D eigenvalue weighted by molar-refractivity contribution is -0.132. The van der Waals surface area contributed by atoms with Crippen LogP contribution < -0.4 is 10.1 Å². The molecule has 2 aromatic carbocycles. The summed E-state index contributed by atoms with van der Waals surface area (Å²) in [6.07, 6.45) is 0. The van der Waals surface area contributed by atoms with E-state index in [-0.39, 0.29) is 17.3 Å². The number of ether oxygens (including phenoxy) is 1. The summed E-state index contributed by atoms with van der Waals surface area (Å²) >= 11 is 0. The number of sulfonamides is 1. The van der Waals surface area contributed by atoms with Gasteiger partial charge in [0, 0.05) is 33.7 Å². The van der Waals surface area contributed by atoms with Crippen LogP contribution in [-0.4, -0.2) is 75.7 Å². The fraction of sp³-hybridized carbons (Fsp3) is 0.440. The Labute approximate surface area is 207 Å². The Morgan fingerprint density at radius 3 is 2.31 bits per heavy atom. The number of amides is 2. The van der Waals surface area contributed by atoms with Crippen LogP contribution in [0.1, 0.15) is 27.8 Å². The molecule has 0 aromatic heterocycles. The summed E-state index contributed by atoms with van der Waals surface area (Å²) in [6, 6.07) is 9.51. The molecule has 0 saturated heterocycles. The third-order valence-corrected chi connectivity index (χ3v) is 8.25. The monoisotopic (exact) mass is 502 g/mol. The van der Waals surface area contributed by atoms with Crippen LogP contribution in [0.15, 0.2) is 35.2 Å². The van der Waals surface area contributed by atoms with Crippen LogP contribution in [0.2, 0.25) is 0 Å². The summed E-state index contributed by atoms with van der Waals surface area (Å²) < 4.78 is 32.4. The van der Waals surface area contributed by atoms with E-state index in [1.54, 1.807) is 37.9 Å². The number of hydrogen-bond acceptors (Lipinski definition) is 6. The van der Waals surface area contributed by atoms with Gasteiger partial charge in [-0.2, -0.15) is 4.31 Å². The summed E-state index contributed by atoms with van der Waals surface area (Å²) in [5.74, 6) is -0.250. The van der Waals surface area contributed by atoms with Crippen LogP contribution in [0.3, 0.4) is 0 Å². The summed E-state index contributed by atoms with van der Waals surface area (Å²) in [5.41, 5.74) is 4.66. The zero-order chi connectivity index (χ0) is 25.9. The van der Waals surface area contributed by atoms with Gasteiger partial charge in [0.25, 0.3) is 0 Å². The molecule has 0 spiro atoms. The van der Waals surface area contributed by atoms with E-state index in [1.165, 1.54) is 25.3 Å². The van der Waals surface area contributed by atoms with Crippen molar-refractivity contribution in [2.45, 2.75) is 38.4 Å². The molecule has 2 aromatic rings. The van der Waals surface area contributed by atoms with Gasteiger partial charge in [-0.15, -0.1) is 0 Å². The van der Waals surface area contributed by atoms with Crippen molar-refractivity contribution in [3.8, 4) is 5.75 Å². The number of nitrogens with zero attached hydrogens (tertiary/aromatic N) is 3. The molecule has 0 fully saturated rings. The molecule has 3 rings (SSSR count). The molecule has 0 atom stereocenters. The van der Waals surface area contributed by atoms with Crippen molar-refractivity contribution in [3.05, 3.63) is 58.1 Å². The van der Waals surface area contributed by atoms with Crippen LogP contribution in [0, 0.1) is 13.8 Å². The molecule has 1 heterocycles. The normalized spacial score (nSPS) is 13.6. The molecule has 2 amide bonds. The fourth-order valence-electron chi connectivity index (χ4n) is 4.32. The first kappa shape index (κ1) is 26.7. The van der Waals surface area contributed by atoms with E-state index >= 15 is 0 Å². The highest BCUT2D eigenvalue weighted by Gasteiger charge is 2.27. The molecule has 35 heavy (non-hydrogen) atoms. The fourth-order valence-corrected chi connectivity index (χ4v) is 5.85. The van der Waals surface area contributed by atoms with Crippen LogP contribution in [-0.2, 0) is 39.2 Å². The lowest BCUT2D eigenvalue weighted by atomic mass is 10.1. The second-order valence-corrected chi connectivity index (χ2v) is 11.1. The average Bonchev–Trinajstić information content (AvgIpc) is 3.15. The van der Waals surface area contributed by atoms with Crippen LogP contribution in [0.25, 0.3) is 0 Å². The van der Waals surface area contributed by atoms with E-state index in [9.17, 15) is 18.0 Å². The minimum Gasteiger partial charge on any atom is -0.497 e. The molecular formula is C25H34N4O5S. The lowest BCUT2D eigenvalue weighted by Crippen LogP contribution is -2.43. The van der Waals surface area contributed by atoms with Crippen LogP contribution in [0.4, 0.5) is 0 Å². The first-order chi connectivity index (χ1) is 16.4. The Hall–Kier alpha value is -2.95. The van der Waals surface area contributed by atoms with Gasteiger partial charge in [0.2, 0.25) is 21.8 Å². The van der Waals surface area contributed by atoms with Gasteiger partial charge < -0.3 is 15.0 Å². The van der Waals surface area contributed by atoms with Crippen LogP contribution in [0.5, 0.6) is 5.75 Å². The number of benzene rings is 2. The molecule has 0 bridgehead atoms. The molecule has 1 aliphatic heterocycles. The highest BCUT2D eigenvalue weighted by Crippen LogP contribution is 2.27. The minimum atomic E-state index is -3.91. The highest BCUT2D eigenvalue weighted by molar-refractivity contribution is 7.89. The predicted octanol–water partition coefficient (Wildman–Crippen LogP) is 1.65. The number of likely N-dealkylation sites (N-methyl/N-ethyl adjacent to an activating group) is 2. The van der Waals surface area contributed by atoms with Crippen molar-refractivity contribution >= 4 is 21.8 Å². The van der Waals surface area contributed by atoms with Gasteiger partial charge in [0.1, 0.15) is 5.75 Å². The van der Waals surface area contributed by atoms with E-state index in [2.05, 4.69) is 29.4 Å². The minimum absolute atomic E-state index is 0.143. The Morgan fingerprint density at radius 1 is 1.06 bits per heavy atom. The first-order valence-corrected chi connectivity index (χ1v) is 12.8. The number of aryl methyl sites for hydroxylation is 2. The first-order valence-electron chi connectivity index (χ1n) is 11.3. The third-order valence-electron chi connectivity index (χ3n) is 6.14. The number of rotatable bonds is 9. The third kappa shape index (κ3) is 6.19. The summed E-state index contributed by atoms with van der Waals surface area (Å²) in [5, 5.41) is 2.54. The molecule has 1 aliphatic rings. The van der Waals surface area contributed by atoms with Gasteiger partial charge in [-0.3, -0.25) is 14.5 Å². The number of carbonyl (C=O) groups excluding carboxylic acids is 2. The van der Waals surface area contributed by atoms with Crippen molar-refractivity contribution in [2.75, 3.05) is 41.3 Å². The largest absolute Gasteiger partial charge is 0.497 e. The molecule has 0 aliphatic carbocycles.